The molecule has 0 fully saturated rings. The number of hydrogen-bond acceptors (Lipinski definition) is 4. The van der Waals surface area contributed by atoms with Gasteiger partial charge in [-0.3, -0.25) is 0 Å². The van der Waals surface area contributed by atoms with E-state index in [1.165, 1.54) is 0 Å². The summed E-state index contributed by atoms with van der Waals surface area (Å²) in [6.07, 6.45) is 0. The van der Waals surface area contributed by atoms with Crippen LogP contribution < -0.4 is 4.74 Å². The van der Waals surface area contributed by atoms with E-state index >= 15 is 0 Å². The van der Waals surface area contributed by atoms with Crippen LogP contribution in [0.2, 0.25) is 5.15 Å². The van der Waals surface area contributed by atoms with Crippen molar-refractivity contribution in [2.24, 2.45) is 0 Å². The number of aryl methyl sites for hydroxylation is 1. The number of halogens is 1. The fourth-order valence-electron chi connectivity index (χ4n) is 2.11. The van der Waals surface area contributed by atoms with Gasteiger partial charge in [-0.25, -0.2) is 9.97 Å². The van der Waals surface area contributed by atoms with Crippen LogP contribution in [-0.2, 0) is 0 Å². The van der Waals surface area contributed by atoms with Crippen molar-refractivity contribution in [3.63, 3.8) is 0 Å². The van der Waals surface area contributed by atoms with Gasteiger partial charge in [0.15, 0.2) is 0 Å². The van der Waals surface area contributed by atoms with Gasteiger partial charge >= 0.3 is 0 Å². The lowest BCUT2D eigenvalue weighted by atomic mass is 10.1. The van der Waals surface area contributed by atoms with E-state index in [1.807, 2.05) is 38.1 Å². The van der Waals surface area contributed by atoms with Crippen LogP contribution in [0.3, 0.4) is 0 Å². The molecule has 2 heterocycles. The zero-order valence-corrected chi connectivity index (χ0v) is 12.8. The maximum Gasteiger partial charge on any atom is 0.142 e. The van der Waals surface area contributed by atoms with Crippen molar-refractivity contribution in [1.82, 2.24) is 9.97 Å². The molecule has 5 heteroatoms. The minimum atomic E-state index is 0.512. The largest absolute Gasteiger partial charge is 0.494 e. The van der Waals surface area contributed by atoms with Crippen LogP contribution in [0.5, 0.6) is 5.75 Å². The van der Waals surface area contributed by atoms with Gasteiger partial charge in [0.2, 0.25) is 0 Å². The van der Waals surface area contributed by atoms with Crippen molar-refractivity contribution in [2.75, 3.05) is 6.61 Å². The van der Waals surface area contributed by atoms with Crippen LogP contribution >= 0.6 is 22.9 Å². The lowest BCUT2D eigenvalue weighted by Gasteiger charge is -2.05. The third kappa shape index (κ3) is 2.37. The Labute approximate surface area is 126 Å². The number of hydrogen-bond donors (Lipinski definition) is 0. The molecule has 0 saturated heterocycles. The summed E-state index contributed by atoms with van der Waals surface area (Å²) in [6.45, 7) is 4.49. The summed E-state index contributed by atoms with van der Waals surface area (Å²) in [6, 6.07) is 7.99. The molecule has 0 spiro atoms. The van der Waals surface area contributed by atoms with Crippen LogP contribution in [0.25, 0.3) is 21.3 Å². The van der Waals surface area contributed by atoms with Crippen molar-refractivity contribution < 1.29 is 4.74 Å². The number of fused-ring (bicyclic) bond motifs is 1. The van der Waals surface area contributed by atoms with Crippen molar-refractivity contribution in [1.29, 1.82) is 0 Å². The zero-order chi connectivity index (χ0) is 14.1. The van der Waals surface area contributed by atoms with Crippen molar-refractivity contribution in [3.05, 3.63) is 40.6 Å². The summed E-state index contributed by atoms with van der Waals surface area (Å²) in [7, 11) is 0. The Balaban J connectivity index is 2.10. The normalized spacial score (nSPS) is 10.9. The second-order valence-electron chi connectivity index (χ2n) is 4.35. The van der Waals surface area contributed by atoms with E-state index in [2.05, 4.69) is 15.3 Å². The Morgan fingerprint density at radius 2 is 1.95 bits per heavy atom. The summed E-state index contributed by atoms with van der Waals surface area (Å²) in [5.74, 6) is 1.57. The Bertz CT molecular complexity index is 752. The van der Waals surface area contributed by atoms with Gasteiger partial charge in [0.25, 0.3) is 0 Å². The molecule has 0 bridgehead atoms. The van der Waals surface area contributed by atoms with Gasteiger partial charge in [0, 0.05) is 10.9 Å². The fraction of sp³-hybridized carbons (Fsp3) is 0.200. The maximum absolute atomic E-state index is 6.27. The van der Waals surface area contributed by atoms with Crippen LogP contribution in [0.4, 0.5) is 0 Å². The average Bonchev–Trinajstić information content (AvgIpc) is 2.84. The fourth-order valence-corrected chi connectivity index (χ4v) is 3.47. The van der Waals surface area contributed by atoms with E-state index < -0.39 is 0 Å². The van der Waals surface area contributed by atoms with Gasteiger partial charge in [-0.1, -0.05) is 23.7 Å². The Morgan fingerprint density at radius 1 is 1.20 bits per heavy atom. The lowest BCUT2D eigenvalue weighted by molar-refractivity contribution is 0.340. The number of rotatable bonds is 3. The van der Waals surface area contributed by atoms with E-state index in [0.29, 0.717) is 17.6 Å². The standard InChI is InChI=1S/C15H13ClN2OS/c1-3-19-11-6-4-10(5-7-11)12-8-20-15-13(12)14(16)17-9(2)18-15/h4-8H,3H2,1-2H3. The van der Waals surface area contributed by atoms with Gasteiger partial charge in [-0.15, -0.1) is 11.3 Å². The van der Waals surface area contributed by atoms with Crippen molar-refractivity contribution in [2.45, 2.75) is 13.8 Å². The predicted octanol–water partition coefficient (Wildman–Crippen LogP) is 4.72. The number of nitrogens with zero attached hydrogens (tertiary/aromatic N) is 2. The molecule has 0 aliphatic rings. The molecule has 1 aromatic carbocycles. The van der Waals surface area contributed by atoms with Crippen molar-refractivity contribution in [3.8, 4) is 16.9 Å². The van der Waals surface area contributed by atoms with Gasteiger partial charge in [0.1, 0.15) is 21.6 Å². The van der Waals surface area contributed by atoms with Crippen LogP contribution in [0.1, 0.15) is 12.7 Å². The number of aromatic nitrogens is 2. The SMILES string of the molecule is CCOc1ccc(-c2csc3nc(C)nc(Cl)c23)cc1. The molecule has 0 N–H and O–H groups in total. The predicted molar refractivity (Wildman–Crippen MR) is 83.8 cm³/mol. The van der Waals surface area contributed by atoms with E-state index in [0.717, 1.165) is 27.1 Å². The molecule has 0 atom stereocenters. The van der Waals surface area contributed by atoms with E-state index in [-0.39, 0.29) is 0 Å². The summed E-state index contributed by atoms with van der Waals surface area (Å²) < 4.78 is 5.46. The molecule has 0 amide bonds. The second-order valence-corrected chi connectivity index (χ2v) is 5.56. The van der Waals surface area contributed by atoms with Gasteiger partial charge in [-0.05, 0) is 31.5 Å². The average molecular weight is 305 g/mol. The van der Waals surface area contributed by atoms with E-state index in [9.17, 15) is 0 Å². The molecule has 2 aromatic heterocycles. The Morgan fingerprint density at radius 3 is 2.65 bits per heavy atom. The summed E-state index contributed by atoms with van der Waals surface area (Å²) in [5, 5.41) is 3.50. The molecule has 0 radical (unpaired) electrons. The Hall–Kier alpha value is -1.65. The minimum absolute atomic E-state index is 0.512. The summed E-state index contributed by atoms with van der Waals surface area (Å²) >= 11 is 7.86. The van der Waals surface area contributed by atoms with Crippen LogP contribution in [0.15, 0.2) is 29.6 Å². The molecule has 3 aromatic rings. The molecule has 0 aliphatic heterocycles. The highest BCUT2D eigenvalue weighted by Crippen LogP contribution is 2.37. The first-order chi connectivity index (χ1) is 9.69. The molecule has 102 valence electrons. The van der Waals surface area contributed by atoms with Crippen LogP contribution in [-0.4, -0.2) is 16.6 Å². The number of thiophene rings is 1. The number of ether oxygens (including phenoxy) is 1. The molecule has 0 saturated carbocycles. The molecule has 20 heavy (non-hydrogen) atoms. The van der Waals surface area contributed by atoms with Crippen molar-refractivity contribution >= 4 is 33.2 Å². The third-order valence-corrected chi connectivity index (χ3v) is 4.12. The topological polar surface area (TPSA) is 35.0 Å². The van der Waals surface area contributed by atoms with E-state index in [4.69, 9.17) is 16.3 Å². The van der Waals surface area contributed by atoms with E-state index in [1.54, 1.807) is 11.3 Å². The quantitative estimate of drug-likeness (QED) is 0.657. The summed E-state index contributed by atoms with van der Waals surface area (Å²) in [5.41, 5.74) is 2.16. The first-order valence-corrected chi connectivity index (χ1v) is 7.59. The first kappa shape index (κ1) is 13.3. The minimum Gasteiger partial charge on any atom is -0.494 e. The highest BCUT2D eigenvalue weighted by molar-refractivity contribution is 7.17. The molecular formula is C15H13ClN2OS. The monoisotopic (exact) mass is 304 g/mol. The highest BCUT2D eigenvalue weighted by Gasteiger charge is 2.13. The molecular weight excluding hydrogens is 292 g/mol. The molecule has 0 unspecified atom stereocenters. The third-order valence-electron chi connectivity index (χ3n) is 2.98. The maximum atomic E-state index is 6.27. The summed E-state index contributed by atoms with van der Waals surface area (Å²) in [4.78, 5) is 9.59. The van der Waals surface area contributed by atoms with Gasteiger partial charge in [0.05, 0.1) is 12.0 Å². The molecule has 0 aliphatic carbocycles. The van der Waals surface area contributed by atoms with Gasteiger partial charge in [-0.2, -0.15) is 0 Å². The van der Waals surface area contributed by atoms with Crippen LogP contribution in [0, 0.1) is 6.92 Å². The lowest BCUT2D eigenvalue weighted by Crippen LogP contribution is -1.91. The number of benzene rings is 1. The highest BCUT2D eigenvalue weighted by atomic mass is 35.5. The second kappa shape index (κ2) is 5.38. The Kier molecular flexibility index (Phi) is 3.59. The van der Waals surface area contributed by atoms with Gasteiger partial charge < -0.3 is 4.74 Å². The molecule has 3 rings (SSSR count). The first-order valence-electron chi connectivity index (χ1n) is 6.33. The molecule has 3 nitrogen and oxygen atoms in total. The smallest absolute Gasteiger partial charge is 0.142 e. The zero-order valence-electron chi connectivity index (χ0n) is 11.2.